The molecule has 4 rings (SSSR count). The van der Waals surface area contributed by atoms with Crippen molar-refractivity contribution < 1.29 is 14.7 Å². The highest BCUT2D eigenvalue weighted by atomic mass is 16.3. The first kappa shape index (κ1) is 18.7. The Kier molecular flexibility index (Phi) is 4.54. The third-order valence-electron chi connectivity index (χ3n) is 5.28. The minimum atomic E-state index is -0.740. The zero-order chi connectivity index (χ0) is 20.7. The van der Waals surface area contributed by atoms with Crippen LogP contribution in [0.4, 0.5) is 5.69 Å². The molecule has 0 unspecified atom stereocenters. The normalized spacial score (nSPS) is 13.8. The van der Waals surface area contributed by atoms with E-state index in [0.29, 0.717) is 22.3 Å². The van der Waals surface area contributed by atoms with E-state index in [0.717, 1.165) is 36.9 Å². The lowest BCUT2D eigenvalue weighted by Gasteiger charge is -2.23. The Morgan fingerprint density at radius 3 is 2.48 bits per heavy atom. The highest BCUT2D eigenvalue weighted by Crippen LogP contribution is 2.36. The molecule has 8 nitrogen and oxygen atoms in total. The van der Waals surface area contributed by atoms with Crippen LogP contribution in [0, 0.1) is 6.92 Å². The molecule has 1 aliphatic heterocycles. The number of anilines is 1. The summed E-state index contributed by atoms with van der Waals surface area (Å²) in [5.74, 6) is -1.46. The average molecular weight is 391 g/mol. The van der Waals surface area contributed by atoms with Crippen molar-refractivity contribution in [3.05, 3.63) is 47.3 Å². The van der Waals surface area contributed by atoms with Crippen LogP contribution in [0.25, 0.3) is 22.0 Å². The molecular weight excluding hydrogens is 370 g/mol. The second kappa shape index (κ2) is 7.05. The number of nitrogens with two attached hydrogens (primary N) is 2. The summed E-state index contributed by atoms with van der Waals surface area (Å²) in [6, 6.07) is 6.79. The quantitative estimate of drug-likeness (QED) is 0.623. The lowest BCUT2D eigenvalue weighted by Crippen LogP contribution is -2.26. The van der Waals surface area contributed by atoms with Gasteiger partial charge in [0.15, 0.2) is 0 Å². The van der Waals surface area contributed by atoms with E-state index < -0.39 is 11.8 Å². The molecule has 5 N–H and O–H groups in total. The van der Waals surface area contributed by atoms with Gasteiger partial charge in [0.1, 0.15) is 5.69 Å². The van der Waals surface area contributed by atoms with E-state index in [9.17, 15) is 14.7 Å². The smallest absolute Gasteiger partial charge is 0.267 e. The van der Waals surface area contributed by atoms with E-state index in [-0.39, 0.29) is 17.1 Å². The van der Waals surface area contributed by atoms with Gasteiger partial charge in [-0.05, 0) is 43.0 Å². The van der Waals surface area contributed by atoms with Crippen LogP contribution in [0.1, 0.15) is 39.3 Å². The van der Waals surface area contributed by atoms with Crippen LogP contribution in [0.2, 0.25) is 0 Å². The Labute approximate surface area is 167 Å². The van der Waals surface area contributed by atoms with Gasteiger partial charge in [0.05, 0.1) is 23.0 Å². The first-order valence-electron chi connectivity index (χ1n) is 9.35. The maximum Gasteiger partial charge on any atom is 0.267 e. The van der Waals surface area contributed by atoms with Crippen LogP contribution in [0.3, 0.4) is 0 Å². The SMILES string of the molecule is Cc1cc(O)nc2ccc(-c3c(C(N)=O)ncc(N4CCCC4)c3C(N)=O)cc12. The van der Waals surface area contributed by atoms with E-state index in [1.165, 1.54) is 6.20 Å². The highest BCUT2D eigenvalue weighted by Gasteiger charge is 2.27. The Morgan fingerprint density at radius 2 is 1.83 bits per heavy atom. The number of aryl methyl sites for hydroxylation is 1. The van der Waals surface area contributed by atoms with Crippen LogP contribution < -0.4 is 16.4 Å². The van der Waals surface area contributed by atoms with E-state index in [2.05, 4.69) is 9.97 Å². The van der Waals surface area contributed by atoms with Gasteiger partial charge in [-0.15, -0.1) is 0 Å². The zero-order valence-corrected chi connectivity index (χ0v) is 16.0. The summed E-state index contributed by atoms with van der Waals surface area (Å²) in [5, 5.41) is 10.5. The fourth-order valence-corrected chi connectivity index (χ4v) is 3.95. The number of primary amides is 2. The third-order valence-corrected chi connectivity index (χ3v) is 5.28. The molecule has 0 saturated carbocycles. The molecule has 0 aliphatic carbocycles. The van der Waals surface area contributed by atoms with E-state index >= 15 is 0 Å². The van der Waals surface area contributed by atoms with Gasteiger partial charge >= 0.3 is 0 Å². The van der Waals surface area contributed by atoms with Crippen LogP contribution in [0.5, 0.6) is 5.88 Å². The summed E-state index contributed by atoms with van der Waals surface area (Å²) < 4.78 is 0. The second-order valence-electron chi connectivity index (χ2n) is 7.19. The molecule has 1 saturated heterocycles. The molecule has 1 fully saturated rings. The van der Waals surface area contributed by atoms with Gasteiger partial charge in [0.25, 0.3) is 11.8 Å². The van der Waals surface area contributed by atoms with Crippen molar-refractivity contribution in [3.63, 3.8) is 0 Å². The molecule has 1 aromatic carbocycles. The van der Waals surface area contributed by atoms with E-state index in [4.69, 9.17) is 11.5 Å². The number of carbonyl (C=O) groups excluding carboxylic acids is 2. The molecule has 1 aliphatic rings. The topological polar surface area (TPSA) is 135 Å². The van der Waals surface area contributed by atoms with Crippen LogP contribution in [0.15, 0.2) is 30.5 Å². The van der Waals surface area contributed by atoms with Gasteiger partial charge in [-0.2, -0.15) is 0 Å². The number of benzene rings is 1. The Bertz CT molecular complexity index is 1150. The second-order valence-corrected chi connectivity index (χ2v) is 7.19. The number of aromatic hydroxyl groups is 1. The molecule has 0 spiro atoms. The number of hydrogen-bond donors (Lipinski definition) is 3. The lowest BCUT2D eigenvalue weighted by atomic mass is 9.94. The molecule has 29 heavy (non-hydrogen) atoms. The molecular formula is C21H21N5O3. The molecule has 0 atom stereocenters. The van der Waals surface area contributed by atoms with Crippen LogP contribution >= 0.6 is 0 Å². The van der Waals surface area contributed by atoms with Crippen molar-refractivity contribution in [2.45, 2.75) is 19.8 Å². The van der Waals surface area contributed by atoms with E-state index in [1.807, 2.05) is 11.8 Å². The standard InChI is InChI=1S/C21H21N5O3/c1-11-8-16(27)25-14-5-4-12(9-13(11)14)17-18(20(22)28)15(26-6-2-3-7-26)10-24-19(17)21(23)29/h4-5,8-10H,2-3,6-7H2,1H3,(H2,22,28)(H2,23,29)(H,25,27). The third kappa shape index (κ3) is 3.22. The van der Waals surface area contributed by atoms with Crippen molar-refractivity contribution in [2.75, 3.05) is 18.0 Å². The fraction of sp³-hybridized carbons (Fsp3) is 0.238. The van der Waals surface area contributed by atoms with Gasteiger partial charge in [-0.1, -0.05) is 6.07 Å². The summed E-state index contributed by atoms with van der Waals surface area (Å²) >= 11 is 0. The maximum atomic E-state index is 12.5. The molecule has 0 bridgehead atoms. The van der Waals surface area contributed by atoms with Crippen molar-refractivity contribution >= 4 is 28.4 Å². The van der Waals surface area contributed by atoms with Crippen molar-refractivity contribution in [3.8, 4) is 17.0 Å². The highest BCUT2D eigenvalue weighted by molar-refractivity contribution is 6.11. The summed E-state index contributed by atoms with van der Waals surface area (Å²) in [4.78, 5) is 35.1. The number of amides is 2. The maximum absolute atomic E-state index is 12.5. The minimum Gasteiger partial charge on any atom is -0.493 e. The van der Waals surface area contributed by atoms with Gasteiger partial charge in [0, 0.05) is 30.1 Å². The largest absolute Gasteiger partial charge is 0.493 e. The van der Waals surface area contributed by atoms with Crippen molar-refractivity contribution in [2.24, 2.45) is 11.5 Å². The Hall–Kier alpha value is -3.68. The predicted molar refractivity (Wildman–Crippen MR) is 110 cm³/mol. The summed E-state index contributed by atoms with van der Waals surface area (Å²) in [5.41, 5.74) is 14.5. The number of fused-ring (bicyclic) bond motifs is 1. The molecule has 2 aromatic heterocycles. The number of carbonyl (C=O) groups is 2. The number of rotatable bonds is 4. The molecule has 8 heteroatoms. The Balaban J connectivity index is 2.03. The number of nitrogens with zero attached hydrogens (tertiary/aromatic N) is 3. The monoisotopic (exact) mass is 391 g/mol. The number of hydrogen-bond acceptors (Lipinski definition) is 6. The summed E-state index contributed by atoms with van der Waals surface area (Å²) in [7, 11) is 0. The minimum absolute atomic E-state index is 0.00881. The first-order valence-corrected chi connectivity index (χ1v) is 9.35. The predicted octanol–water partition coefficient (Wildman–Crippen LogP) is 2.11. The summed E-state index contributed by atoms with van der Waals surface area (Å²) in [6.45, 7) is 3.42. The average Bonchev–Trinajstić information content (AvgIpc) is 3.21. The lowest BCUT2D eigenvalue weighted by molar-refractivity contribution is 0.0996. The number of aromatic nitrogens is 2. The summed E-state index contributed by atoms with van der Waals surface area (Å²) in [6.07, 6.45) is 3.52. The van der Waals surface area contributed by atoms with Gasteiger partial charge in [-0.25, -0.2) is 9.97 Å². The Morgan fingerprint density at radius 1 is 1.10 bits per heavy atom. The van der Waals surface area contributed by atoms with Crippen molar-refractivity contribution in [1.82, 2.24) is 9.97 Å². The van der Waals surface area contributed by atoms with Gasteiger partial charge < -0.3 is 21.5 Å². The first-order chi connectivity index (χ1) is 13.9. The van der Waals surface area contributed by atoms with Crippen LogP contribution in [-0.4, -0.2) is 40.0 Å². The van der Waals surface area contributed by atoms with Crippen molar-refractivity contribution in [1.29, 1.82) is 0 Å². The molecule has 2 amide bonds. The van der Waals surface area contributed by atoms with Gasteiger partial charge in [-0.3, -0.25) is 9.59 Å². The molecule has 0 radical (unpaired) electrons. The zero-order valence-electron chi connectivity index (χ0n) is 16.0. The molecule has 3 heterocycles. The van der Waals surface area contributed by atoms with E-state index in [1.54, 1.807) is 24.3 Å². The van der Waals surface area contributed by atoms with Crippen LogP contribution in [-0.2, 0) is 0 Å². The number of pyridine rings is 2. The van der Waals surface area contributed by atoms with Gasteiger partial charge in [0.2, 0.25) is 5.88 Å². The molecule has 148 valence electrons. The fourth-order valence-electron chi connectivity index (χ4n) is 3.95. The molecule has 3 aromatic rings.